The van der Waals surface area contributed by atoms with E-state index in [-0.39, 0.29) is 17.3 Å². The lowest BCUT2D eigenvalue weighted by molar-refractivity contribution is -0.137. The zero-order chi connectivity index (χ0) is 14.8. The van der Waals surface area contributed by atoms with Gasteiger partial charge in [-0.1, -0.05) is 0 Å². The number of anilines is 2. The minimum Gasteiger partial charge on any atom is -0.382 e. The Kier molecular flexibility index (Phi) is 3.55. The Balaban J connectivity index is 2.25. The zero-order valence-electron chi connectivity index (χ0n) is 10.1. The Bertz CT molecular complexity index is 622. The molecule has 0 unspecified atom stereocenters. The summed E-state index contributed by atoms with van der Waals surface area (Å²) in [6.07, 6.45) is -1.62. The molecule has 0 bridgehead atoms. The number of hydrogen-bond donors (Lipinski definition) is 3. The van der Waals surface area contributed by atoms with Crippen LogP contribution in [0.5, 0.6) is 0 Å². The van der Waals surface area contributed by atoms with Crippen LogP contribution in [0.1, 0.15) is 11.3 Å². The third kappa shape index (κ3) is 3.02. The number of nitrogen functional groups attached to an aromatic ring is 1. The van der Waals surface area contributed by atoms with E-state index in [1.807, 2.05) is 0 Å². The Morgan fingerprint density at radius 2 is 1.70 bits per heavy atom. The molecule has 0 aliphatic heterocycles. The van der Waals surface area contributed by atoms with Gasteiger partial charge in [0, 0.05) is 18.1 Å². The van der Waals surface area contributed by atoms with E-state index in [4.69, 9.17) is 11.1 Å². The van der Waals surface area contributed by atoms with Crippen molar-refractivity contribution in [1.29, 1.82) is 5.41 Å². The van der Waals surface area contributed by atoms with Crippen molar-refractivity contribution in [3.8, 4) is 0 Å². The molecule has 1 aromatic heterocycles. The van der Waals surface area contributed by atoms with Crippen LogP contribution in [0.15, 0.2) is 36.7 Å². The molecule has 0 saturated heterocycles. The average molecular weight is 281 g/mol. The molecule has 104 valence electrons. The van der Waals surface area contributed by atoms with Crippen LogP contribution < -0.4 is 11.1 Å². The summed E-state index contributed by atoms with van der Waals surface area (Å²) in [6.45, 7) is 0. The maximum absolute atomic E-state index is 12.4. The second kappa shape index (κ2) is 5.16. The first-order valence-electron chi connectivity index (χ1n) is 5.47. The summed E-state index contributed by atoms with van der Waals surface area (Å²) in [5, 5.41) is 10.1. The summed E-state index contributed by atoms with van der Waals surface area (Å²) < 4.78 is 37.3. The van der Waals surface area contributed by atoms with Gasteiger partial charge in [-0.15, -0.1) is 0 Å². The van der Waals surface area contributed by atoms with Gasteiger partial charge >= 0.3 is 6.18 Å². The van der Waals surface area contributed by atoms with Gasteiger partial charge in [0.25, 0.3) is 0 Å². The molecule has 5 nitrogen and oxygen atoms in total. The van der Waals surface area contributed by atoms with Gasteiger partial charge in [0.2, 0.25) is 0 Å². The molecule has 8 heteroatoms. The van der Waals surface area contributed by atoms with Gasteiger partial charge in [-0.3, -0.25) is 5.41 Å². The number of amidine groups is 1. The topological polar surface area (TPSA) is 87.7 Å². The number of halogens is 3. The molecule has 2 rings (SSSR count). The number of nitrogens with one attached hydrogen (secondary N) is 2. The van der Waals surface area contributed by atoms with Gasteiger partial charge in [-0.2, -0.15) is 13.2 Å². The molecule has 1 heterocycles. The lowest BCUT2D eigenvalue weighted by Gasteiger charge is -2.10. The molecule has 0 amide bonds. The summed E-state index contributed by atoms with van der Waals surface area (Å²) in [7, 11) is 0. The number of benzene rings is 1. The fraction of sp³-hybridized carbons (Fsp3) is 0.0833. The molecular weight excluding hydrogens is 271 g/mol. The third-order valence-electron chi connectivity index (χ3n) is 2.43. The van der Waals surface area contributed by atoms with Crippen LogP contribution >= 0.6 is 0 Å². The molecule has 1 aromatic carbocycles. The fourth-order valence-electron chi connectivity index (χ4n) is 1.51. The second-order valence-electron chi connectivity index (χ2n) is 3.87. The lowest BCUT2D eigenvalue weighted by atomic mass is 10.2. The standard InChI is InChI=1S/C12H10F3N5/c13-12(14,15)7-1-3-8(4-2-7)20-11-9(10(16)17)18-5-6-19-11/h1-6H,(H3,16,17)(H,19,20). The van der Waals surface area contributed by atoms with E-state index >= 15 is 0 Å². The van der Waals surface area contributed by atoms with Gasteiger partial charge in [-0.25, -0.2) is 9.97 Å². The van der Waals surface area contributed by atoms with E-state index in [0.29, 0.717) is 5.69 Å². The molecule has 20 heavy (non-hydrogen) atoms. The van der Waals surface area contributed by atoms with Gasteiger partial charge in [0.15, 0.2) is 5.82 Å². The number of nitrogens with zero attached hydrogens (tertiary/aromatic N) is 2. The van der Waals surface area contributed by atoms with Crippen LogP contribution in [0, 0.1) is 5.41 Å². The van der Waals surface area contributed by atoms with Crippen molar-refractivity contribution in [2.45, 2.75) is 6.18 Å². The van der Waals surface area contributed by atoms with Crippen LogP contribution in [-0.4, -0.2) is 15.8 Å². The van der Waals surface area contributed by atoms with E-state index in [2.05, 4.69) is 15.3 Å². The number of alkyl halides is 3. The molecule has 0 radical (unpaired) electrons. The van der Waals surface area contributed by atoms with Crippen LogP contribution in [0.2, 0.25) is 0 Å². The fourth-order valence-corrected chi connectivity index (χ4v) is 1.51. The first kappa shape index (κ1) is 13.8. The quantitative estimate of drug-likeness (QED) is 0.596. The van der Waals surface area contributed by atoms with Gasteiger partial charge in [-0.05, 0) is 24.3 Å². The summed E-state index contributed by atoms with van der Waals surface area (Å²) >= 11 is 0. The largest absolute Gasteiger partial charge is 0.416 e. The van der Waals surface area contributed by atoms with E-state index in [1.54, 1.807) is 0 Å². The number of rotatable bonds is 3. The van der Waals surface area contributed by atoms with Crippen molar-refractivity contribution >= 4 is 17.3 Å². The highest BCUT2D eigenvalue weighted by molar-refractivity contribution is 5.97. The van der Waals surface area contributed by atoms with Gasteiger partial charge in [0.05, 0.1) is 5.56 Å². The third-order valence-corrected chi connectivity index (χ3v) is 2.43. The second-order valence-corrected chi connectivity index (χ2v) is 3.87. The maximum atomic E-state index is 12.4. The molecule has 0 spiro atoms. The number of nitrogens with two attached hydrogens (primary N) is 1. The first-order chi connectivity index (χ1) is 9.38. The van der Waals surface area contributed by atoms with E-state index < -0.39 is 11.7 Å². The minimum absolute atomic E-state index is 0.132. The molecule has 0 atom stereocenters. The predicted molar refractivity (Wildman–Crippen MR) is 67.8 cm³/mol. The Labute approximate surface area is 112 Å². The molecule has 0 aliphatic carbocycles. The van der Waals surface area contributed by atoms with Crippen LogP contribution in [0.25, 0.3) is 0 Å². The van der Waals surface area contributed by atoms with Crippen LogP contribution in [-0.2, 0) is 6.18 Å². The highest BCUT2D eigenvalue weighted by Crippen LogP contribution is 2.30. The smallest absolute Gasteiger partial charge is 0.382 e. The van der Waals surface area contributed by atoms with E-state index in [0.717, 1.165) is 12.1 Å². The van der Waals surface area contributed by atoms with Gasteiger partial charge in [0.1, 0.15) is 11.5 Å². The minimum atomic E-state index is -4.38. The molecule has 2 aromatic rings. The van der Waals surface area contributed by atoms with Crippen molar-refractivity contribution in [3.63, 3.8) is 0 Å². The molecule has 0 saturated carbocycles. The van der Waals surface area contributed by atoms with E-state index in [1.165, 1.54) is 24.5 Å². The van der Waals surface area contributed by atoms with Crippen molar-refractivity contribution < 1.29 is 13.2 Å². The van der Waals surface area contributed by atoms with Crippen LogP contribution in [0.4, 0.5) is 24.7 Å². The van der Waals surface area contributed by atoms with Gasteiger partial charge < -0.3 is 11.1 Å². The number of hydrogen-bond acceptors (Lipinski definition) is 4. The summed E-state index contributed by atoms with van der Waals surface area (Å²) in [5.74, 6) is -0.0766. The van der Waals surface area contributed by atoms with Crippen molar-refractivity contribution in [2.24, 2.45) is 5.73 Å². The lowest BCUT2D eigenvalue weighted by Crippen LogP contribution is -2.16. The first-order valence-corrected chi connectivity index (χ1v) is 5.47. The molecule has 4 N–H and O–H groups in total. The predicted octanol–water partition coefficient (Wildman–Crippen LogP) is 2.52. The normalized spacial score (nSPS) is 11.2. The Hall–Kier alpha value is -2.64. The molecule has 0 aliphatic rings. The highest BCUT2D eigenvalue weighted by Gasteiger charge is 2.29. The Morgan fingerprint density at radius 1 is 1.10 bits per heavy atom. The molecular formula is C12H10F3N5. The summed E-state index contributed by atoms with van der Waals surface area (Å²) in [4.78, 5) is 7.83. The Morgan fingerprint density at radius 3 is 2.25 bits per heavy atom. The van der Waals surface area contributed by atoms with E-state index in [9.17, 15) is 13.2 Å². The summed E-state index contributed by atoms with van der Waals surface area (Å²) in [5.41, 5.74) is 5.12. The average Bonchev–Trinajstić information content (AvgIpc) is 2.38. The number of aromatic nitrogens is 2. The van der Waals surface area contributed by atoms with Crippen molar-refractivity contribution in [2.75, 3.05) is 5.32 Å². The van der Waals surface area contributed by atoms with Crippen molar-refractivity contribution in [1.82, 2.24) is 9.97 Å². The van der Waals surface area contributed by atoms with Crippen LogP contribution in [0.3, 0.4) is 0 Å². The summed E-state index contributed by atoms with van der Waals surface area (Å²) in [6, 6.07) is 4.43. The SMILES string of the molecule is N=C(N)c1nccnc1Nc1ccc(C(F)(F)F)cc1. The van der Waals surface area contributed by atoms with Crippen molar-refractivity contribution in [3.05, 3.63) is 47.9 Å². The highest BCUT2D eigenvalue weighted by atomic mass is 19.4. The zero-order valence-corrected chi connectivity index (χ0v) is 10.1. The maximum Gasteiger partial charge on any atom is 0.416 e. The monoisotopic (exact) mass is 281 g/mol. The molecule has 0 fully saturated rings.